The number of allylic oxidation sites excluding steroid dienone is 1. The molecule has 1 aliphatic heterocycles. The number of piperidine rings is 1. The maximum absolute atomic E-state index is 12.6. The first kappa shape index (κ1) is 25.9. The van der Waals surface area contributed by atoms with E-state index in [1.807, 2.05) is 39.0 Å². The molecule has 4 rings (SSSR count). The van der Waals surface area contributed by atoms with Crippen molar-refractivity contribution in [3.8, 4) is 5.75 Å². The van der Waals surface area contributed by atoms with Crippen molar-refractivity contribution in [2.45, 2.75) is 53.4 Å². The van der Waals surface area contributed by atoms with Crippen LogP contribution in [0.15, 0.2) is 78.9 Å². The van der Waals surface area contributed by atoms with Crippen molar-refractivity contribution in [1.29, 1.82) is 0 Å². The van der Waals surface area contributed by atoms with Crippen LogP contribution in [0, 0.1) is 11.3 Å². The molecule has 0 saturated carbocycles. The lowest BCUT2D eigenvalue weighted by atomic mass is 9.83. The van der Waals surface area contributed by atoms with Crippen LogP contribution in [0.2, 0.25) is 0 Å². The fourth-order valence-corrected chi connectivity index (χ4v) is 4.91. The molecular formula is C33H39NO2. The molecule has 3 nitrogen and oxygen atoms in total. The molecule has 3 aromatic carbocycles. The minimum atomic E-state index is -0.563. The summed E-state index contributed by atoms with van der Waals surface area (Å²) in [6.07, 6.45) is 2.37. The highest BCUT2D eigenvalue weighted by Gasteiger charge is 2.24. The Morgan fingerprint density at radius 1 is 0.833 bits per heavy atom. The van der Waals surface area contributed by atoms with Gasteiger partial charge in [-0.05, 0) is 104 Å². The Labute approximate surface area is 216 Å². The zero-order chi connectivity index (χ0) is 25.7. The molecule has 0 aliphatic carbocycles. The quantitative estimate of drug-likeness (QED) is 0.222. The van der Waals surface area contributed by atoms with Gasteiger partial charge in [-0.2, -0.15) is 0 Å². The van der Waals surface area contributed by atoms with Crippen molar-refractivity contribution in [3.05, 3.63) is 101 Å². The average molecular weight is 482 g/mol. The molecule has 1 aliphatic rings. The van der Waals surface area contributed by atoms with E-state index in [0.29, 0.717) is 17.6 Å². The van der Waals surface area contributed by atoms with Gasteiger partial charge in [-0.15, -0.1) is 0 Å². The number of rotatable bonds is 6. The average Bonchev–Trinajstić information content (AvgIpc) is 2.88. The number of carbonyl (C=O) groups is 1. The summed E-state index contributed by atoms with van der Waals surface area (Å²) in [5, 5.41) is 3.47. The molecule has 0 spiro atoms. The minimum absolute atomic E-state index is 0.233. The van der Waals surface area contributed by atoms with Crippen LogP contribution in [0.3, 0.4) is 0 Å². The highest BCUT2D eigenvalue weighted by atomic mass is 16.5. The summed E-state index contributed by atoms with van der Waals surface area (Å²) in [5.74, 6) is 1.26. The van der Waals surface area contributed by atoms with Crippen LogP contribution in [-0.2, 0) is 4.79 Å². The molecule has 0 unspecified atom stereocenters. The van der Waals surface area contributed by atoms with Crippen molar-refractivity contribution in [2.24, 2.45) is 11.3 Å². The number of benzene rings is 3. The molecule has 3 heteroatoms. The molecule has 3 aromatic rings. The van der Waals surface area contributed by atoms with Gasteiger partial charge in [-0.3, -0.25) is 4.79 Å². The minimum Gasteiger partial charge on any atom is -0.426 e. The summed E-state index contributed by atoms with van der Waals surface area (Å²) in [6, 6.07) is 27.7. The predicted molar refractivity (Wildman–Crippen MR) is 150 cm³/mol. The fraction of sp³-hybridized carbons (Fsp3) is 0.364. The summed E-state index contributed by atoms with van der Waals surface area (Å²) >= 11 is 0. The third kappa shape index (κ3) is 6.14. The lowest BCUT2D eigenvalue weighted by Gasteiger charge is -2.24. The van der Waals surface area contributed by atoms with Crippen molar-refractivity contribution in [2.75, 3.05) is 13.1 Å². The summed E-state index contributed by atoms with van der Waals surface area (Å²) in [7, 11) is 0. The van der Waals surface area contributed by atoms with E-state index in [-0.39, 0.29) is 5.97 Å². The van der Waals surface area contributed by atoms with Gasteiger partial charge in [0.05, 0.1) is 5.41 Å². The summed E-state index contributed by atoms with van der Waals surface area (Å²) in [4.78, 5) is 12.6. The normalized spacial score (nSPS) is 15.5. The molecular weight excluding hydrogens is 442 g/mol. The molecule has 0 radical (unpaired) electrons. The number of ether oxygens (including phenoxy) is 1. The lowest BCUT2D eigenvalue weighted by molar-refractivity contribution is -0.142. The van der Waals surface area contributed by atoms with Gasteiger partial charge in [-0.1, -0.05) is 80.6 Å². The monoisotopic (exact) mass is 481 g/mol. The van der Waals surface area contributed by atoms with E-state index in [1.165, 1.54) is 40.7 Å². The molecule has 0 amide bonds. The zero-order valence-corrected chi connectivity index (χ0v) is 22.3. The Kier molecular flexibility index (Phi) is 8.11. The van der Waals surface area contributed by atoms with Gasteiger partial charge in [-0.25, -0.2) is 0 Å². The van der Waals surface area contributed by atoms with Crippen LogP contribution in [0.4, 0.5) is 0 Å². The van der Waals surface area contributed by atoms with E-state index in [1.54, 1.807) is 0 Å². The molecule has 0 aromatic heterocycles. The Morgan fingerprint density at radius 2 is 1.47 bits per heavy atom. The first-order chi connectivity index (χ1) is 17.2. The molecule has 36 heavy (non-hydrogen) atoms. The molecule has 0 bridgehead atoms. The first-order valence-corrected chi connectivity index (χ1v) is 13.2. The number of nitrogens with one attached hydrogen (secondary N) is 1. The van der Waals surface area contributed by atoms with E-state index in [9.17, 15) is 4.79 Å². The molecule has 1 saturated heterocycles. The van der Waals surface area contributed by atoms with Gasteiger partial charge in [0.1, 0.15) is 5.75 Å². The largest absolute Gasteiger partial charge is 0.426 e. The molecule has 1 fully saturated rings. The molecule has 188 valence electrons. The van der Waals surface area contributed by atoms with Gasteiger partial charge < -0.3 is 10.1 Å². The molecule has 0 atom stereocenters. The second-order valence-corrected chi connectivity index (χ2v) is 11.1. The van der Waals surface area contributed by atoms with Crippen LogP contribution in [0.1, 0.15) is 75.6 Å². The van der Waals surface area contributed by atoms with E-state index in [0.717, 1.165) is 18.7 Å². The van der Waals surface area contributed by atoms with Gasteiger partial charge >= 0.3 is 5.97 Å². The van der Waals surface area contributed by atoms with Crippen molar-refractivity contribution < 1.29 is 9.53 Å². The fourth-order valence-electron chi connectivity index (χ4n) is 4.91. The number of carbonyl (C=O) groups excluding carboxylic acids is 1. The number of esters is 1. The van der Waals surface area contributed by atoms with Gasteiger partial charge in [0.15, 0.2) is 0 Å². The van der Waals surface area contributed by atoms with E-state index in [4.69, 9.17) is 4.74 Å². The van der Waals surface area contributed by atoms with Crippen molar-refractivity contribution in [3.63, 3.8) is 0 Å². The van der Waals surface area contributed by atoms with Crippen LogP contribution in [0.25, 0.3) is 11.1 Å². The van der Waals surface area contributed by atoms with E-state index in [2.05, 4.69) is 79.8 Å². The molecule has 1 N–H and O–H groups in total. The predicted octanol–water partition coefficient (Wildman–Crippen LogP) is 7.72. The van der Waals surface area contributed by atoms with Crippen LogP contribution < -0.4 is 10.1 Å². The smallest absolute Gasteiger partial charge is 0.316 e. The number of hydrogen-bond acceptors (Lipinski definition) is 3. The second-order valence-electron chi connectivity index (χ2n) is 11.1. The van der Waals surface area contributed by atoms with E-state index >= 15 is 0 Å². The lowest BCUT2D eigenvalue weighted by Crippen LogP contribution is -2.26. The Bertz CT molecular complexity index is 1190. The van der Waals surface area contributed by atoms with Gasteiger partial charge in [0.25, 0.3) is 0 Å². The zero-order valence-electron chi connectivity index (χ0n) is 22.3. The van der Waals surface area contributed by atoms with Crippen LogP contribution in [0.5, 0.6) is 5.75 Å². The Balaban J connectivity index is 1.83. The Morgan fingerprint density at radius 3 is 2.08 bits per heavy atom. The van der Waals surface area contributed by atoms with E-state index < -0.39 is 5.41 Å². The van der Waals surface area contributed by atoms with Crippen molar-refractivity contribution in [1.82, 2.24) is 5.32 Å². The first-order valence-electron chi connectivity index (χ1n) is 13.2. The maximum atomic E-state index is 12.6. The summed E-state index contributed by atoms with van der Waals surface area (Å²) < 4.78 is 5.78. The Hall–Kier alpha value is -3.17. The molecule has 1 heterocycles. The van der Waals surface area contributed by atoms with Gasteiger partial charge in [0, 0.05) is 0 Å². The SMILES string of the molecule is CC(C)/C(=C(/c1ccc(C2CCNCC2)cc1)c1cccc(OC(=O)C(C)(C)C)c1)c1ccccc1. The highest BCUT2D eigenvalue weighted by molar-refractivity contribution is 5.99. The third-order valence-corrected chi connectivity index (χ3v) is 6.89. The van der Waals surface area contributed by atoms with Crippen LogP contribution >= 0.6 is 0 Å². The topological polar surface area (TPSA) is 38.3 Å². The van der Waals surface area contributed by atoms with Gasteiger partial charge in [0.2, 0.25) is 0 Å². The number of hydrogen-bond donors (Lipinski definition) is 1. The second kappa shape index (κ2) is 11.3. The van der Waals surface area contributed by atoms with Crippen LogP contribution in [-0.4, -0.2) is 19.1 Å². The summed E-state index contributed by atoms with van der Waals surface area (Å²) in [6.45, 7) is 12.3. The summed E-state index contributed by atoms with van der Waals surface area (Å²) in [5.41, 5.74) is 6.76. The third-order valence-electron chi connectivity index (χ3n) is 6.89. The standard InChI is InChI=1S/C33H39NO2/c1-23(2)30(26-10-7-6-8-11-26)31(27-16-14-24(15-17-27)25-18-20-34-21-19-25)28-12-9-13-29(22-28)36-32(35)33(3,4)5/h6-17,22-23,25,34H,18-21H2,1-5H3/b31-30+. The van der Waals surface area contributed by atoms with Crippen molar-refractivity contribution >= 4 is 17.1 Å². The maximum Gasteiger partial charge on any atom is 0.316 e. The highest BCUT2D eigenvalue weighted by Crippen LogP contribution is 2.38.